The molecule has 0 aliphatic carbocycles. The van der Waals surface area contributed by atoms with Gasteiger partial charge in [0, 0.05) is 29.8 Å². The van der Waals surface area contributed by atoms with Crippen molar-refractivity contribution in [1.29, 1.82) is 0 Å². The molecule has 224 valence electrons. The molecule has 2 N–H and O–H groups in total. The molecule has 2 aromatic carbocycles. The molecule has 0 aliphatic rings. The fraction of sp³-hybridized carbons (Fsp3) is 0.394. The third-order valence-corrected chi connectivity index (χ3v) is 6.51. The Labute approximate surface area is 307 Å². The van der Waals surface area contributed by atoms with Crippen LogP contribution in [0.5, 0.6) is 0 Å². The van der Waals surface area contributed by atoms with Gasteiger partial charge in [0.1, 0.15) is 17.7 Å². The second-order valence-electron chi connectivity index (χ2n) is 10.4. The summed E-state index contributed by atoms with van der Waals surface area (Å²) in [5, 5.41) is 0. The number of amides is 1. The van der Waals surface area contributed by atoms with Crippen LogP contribution in [0, 0.1) is 52.7 Å². The van der Waals surface area contributed by atoms with E-state index in [1.807, 2.05) is 46.8 Å². The van der Waals surface area contributed by atoms with Crippen LogP contribution in [-0.4, -0.2) is 23.1 Å². The largest absolute Gasteiger partial charge is 1.00 e. The van der Waals surface area contributed by atoms with Gasteiger partial charge in [-0.25, -0.2) is 8.78 Å². The summed E-state index contributed by atoms with van der Waals surface area (Å²) in [6, 6.07) is 9.76. The minimum atomic E-state index is -0.595. The van der Waals surface area contributed by atoms with Gasteiger partial charge in [-0.1, -0.05) is 37.6 Å². The van der Waals surface area contributed by atoms with E-state index in [4.69, 9.17) is 10.5 Å². The summed E-state index contributed by atoms with van der Waals surface area (Å²) in [5.74, 6) is -1.78. The summed E-state index contributed by atoms with van der Waals surface area (Å²) in [4.78, 5) is 34.3. The van der Waals surface area contributed by atoms with Crippen molar-refractivity contribution in [2.45, 2.75) is 73.8 Å². The maximum Gasteiger partial charge on any atom is 1.00 e. The number of ether oxygens (including phenoxy) is 1. The number of benzene rings is 2. The first-order valence-electron chi connectivity index (χ1n) is 13.5. The van der Waals surface area contributed by atoms with E-state index < -0.39 is 29.6 Å². The number of hydrogen-bond donors (Lipinski definition) is 1. The molecule has 0 spiro atoms. The minimum Gasteiger partial charge on any atom is -0.466 e. The molecule has 0 bridgehead atoms. The molecule has 3 rings (SSSR count). The predicted molar refractivity (Wildman–Crippen MR) is 160 cm³/mol. The molecule has 0 radical (unpaired) electrons. The molecule has 1 aromatic heterocycles. The van der Waals surface area contributed by atoms with Crippen molar-refractivity contribution in [2.24, 2.45) is 11.7 Å². The molecule has 0 fully saturated rings. The summed E-state index contributed by atoms with van der Waals surface area (Å²) < 4.78 is 35.8. The first kappa shape index (κ1) is 40.2. The number of pyridine rings is 1. The number of nitrogens with two attached hydrogens (primary N) is 1. The van der Waals surface area contributed by atoms with Crippen LogP contribution in [0.2, 0.25) is 0 Å². The SMILES string of the molecule is CC(C)CC(C(N)=O)n1ccccc1=O.CCOC(=O)CCc1c(F)c(C)cc(-c2c(C)cc(C)cc2C)c1F.[CH3-].[Cs+]. The van der Waals surface area contributed by atoms with E-state index >= 15 is 4.39 Å². The van der Waals surface area contributed by atoms with Gasteiger partial charge in [-0.05, 0) is 87.8 Å². The number of carbonyl (C=O) groups is 2. The number of hydrogen-bond acceptors (Lipinski definition) is 4. The predicted octanol–water partition coefficient (Wildman–Crippen LogP) is 3.74. The van der Waals surface area contributed by atoms with Crippen molar-refractivity contribution in [3.8, 4) is 11.1 Å². The molecular formula is C33H43CsF2N2O4. The molecule has 1 heterocycles. The van der Waals surface area contributed by atoms with E-state index in [1.165, 1.54) is 10.6 Å². The molecule has 0 saturated heterocycles. The van der Waals surface area contributed by atoms with E-state index in [9.17, 15) is 18.8 Å². The van der Waals surface area contributed by atoms with Gasteiger partial charge in [-0.15, -0.1) is 0 Å². The fourth-order valence-corrected chi connectivity index (χ4v) is 4.82. The summed E-state index contributed by atoms with van der Waals surface area (Å²) in [6.45, 7) is 13.4. The number of aromatic nitrogens is 1. The van der Waals surface area contributed by atoms with E-state index in [2.05, 4.69) is 0 Å². The molecule has 42 heavy (non-hydrogen) atoms. The van der Waals surface area contributed by atoms with E-state index in [0.29, 0.717) is 23.5 Å². The number of esters is 1. The smallest absolute Gasteiger partial charge is 0.466 e. The maximum atomic E-state index is 15.1. The summed E-state index contributed by atoms with van der Waals surface area (Å²) in [5.41, 5.74) is 9.56. The van der Waals surface area contributed by atoms with Gasteiger partial charge in [0.25, 0.3) is 5.56 Å². The molecule has 6 nitrogen and oxygen atoms in total. The van der Waals surface area contributed by atoms with E-state index in [0.717, 1.165) is 22.3 Å². The van der Waals surface area contributed by atoms with Crippen LogP contribution < -0.4 is 80.2 Å². The number of rotatable bonds is 9. The van der Waals surface area contributed by atoms with E-state index in [1.54, 1.807) is 38.2 Å². The zero-order valence-electron chi connectivity index (χ0n) is 26.4. The Balaban J connectivity index is 0.000000855. The number of carbonyl (C=O) groups excluding carboxylic acids is 2. The Morgan fingerprint density at radius 3 is 2.07 bits per heavy atom. The molecule has 9 heteroatoms. The maximum absolute atomic E-state index is 15.1. The van der Waals surface area contributed by atoms with Crippen molar-refractivity contribution < 1.29 is 92.0 Å². The first-order chi connectivity index (χ1) is 18.8. The van der Waals surface area contributed by atoms with Crippen molar-refractivity contribution in [3.63, 3.8) is 0 Å². The standard InChI is InChI=1S/C21H24F2O2.C11H16N2O2.CH3.Cs/c1-6-25-18(24)8-7-16-20(22)15(5)11-17(21(16)23)19-13(3)9-12(2)10-14(19)4;1-8(2)7-9(11(12)15)13-6-4-3-5-10(13)14;;/h9-11H,6-8H2,1-5H3;3-6,8-9H,7H2,1-2H3,(H2,12,15);1H3;/q;;-1;+1. The molecule has 1 amide bonds. The van der Waals surface area contributed by atoms with Crippen LogP contribution in [0.3, 0.4) is 0 Å². The van der Waals surface area contributed by atoms with Crippen LogP contribution in [0.4, 0.5) is 8.78 Å². The van der Waals surface area contributed by atoms with Gasteiger partial charge in [-0.2, -0.15) is 0 Å². The average Bonchev–Trinajstić information content (AvgIpc) is 2.86. The van der Waals surface area contributed by atoms with Gasteiger partial charge in [-0.3, -0.25) is 14.4 Å². The zero-order chi connectivity index (χ0) is 30.1. The van der Waals surface area contributed by atoms with Crippen LogP contribution >= 0.6 is 0 Å². The number of nitrogens with zero attached hydrogens (tertiary/aromatic N) is 1. The second-order valence-corrected chi connectivity index (χ2v) is 10.4. The molecule has 0 saturated carbocycles. The third kappa shape index (κ3) is 11.1. The molecule has 0 aliphatic heterocycles. The van der Waals surface area contributed by atoms with Crippen LogP contribution in [0.15, 0.2) is 47.4 Å². The molecule has 3 aromatic rings. The third-order valence-electron chi connectivity index (χ3n) is 6.51. The van der Waals surface area contributed by atoms with Gasteiger partial charge in [0.2, 0.25) is 5.91 Å². The summed E-state index contributed by atoms with van der Waals surface area (Å²) in [6.07, 6.45) is 2.12. The molecule has 1 atom stereocenters. The monoisotopic (exact) mass is 702 g/mol. The topological polar surface area (TPSA) is 91.4 Å². The van der Waals surface area contributed by atoms with Crippen molar-refractivity contribution in [2.75, 3.05) is 6.61 Å². The van der Waals surface area contributed by atoms with Crippen LogP contribution in [0.25, 0.3) is 11.1 Å². The zero-order valence-corrected chi connectivity index (χ0v) is 32.7. The second kappa shape index (κ2) is 18.8. The van der Waals surface area contributed by atoms with Gasteiger partial charge >= 0.3 is 74.9 Å². The van der Waals surface area contributed by atoms with Crippen molar-refractivity contribution in [3.05, 3.63) is 99.8 Å². The quantitative estimate of drug-likeness (QED) is 0.272. The Hall–Kier alpha value is -1.76. The Morgan fingerprint density at radius 1 is 0.976 bits per heavy atom. The van der Waals surface area contributed by atoms with Gasteiger partial charge in [0.05, 0.1) is 6.61 Å². The number of aryl methyl sites for hydroxylation is 4. The Bertz CT molecular complexity index is 1400. The van der Waals surface area contributed by atoms with E-state index in [-0.39, 0.29) is 107 Å². The number of halogens is 2. The number of primary amides is 1. The average molecular weight is 703 g/mol. The van der Waals surface area contributed by atoms with Gasteiger partial charge in [0.15, 0.2) is 0 Å². The van der Waals surface area contributed by atoms with Crippen molar-refractivity contribution >= 4 is 11.9 Å². The van der Waals surface area contributed by atoms with Crippen LogP contribution in [-0.2, 0) is 20.7 Å². The minimum absolute atomic E-state index is 0. The first-order valence-corrected chi connectivity index (χ1v) is 13.5. The fourth-order valence-electron chi connectivity index (χ4n) is 4.82. The summed E-state index contributed by atoms with van der Waals surface area (Å²) >= 11 is 0. The van der Waals surface area contributed by atoms with Crippen LogP contribution in [0.1, 0.15) is 67.5 Å². The normalized spacial score (nSPS) is 11.0. The summed E-state index contributed by atoms with van der Waals surface area (Å²) in [7, 11) is 0. The Morgan fingerprint density at radius 2 is 1.57 bits per heavy atom. The Kier molecular flexibility index (Phi) is 18.0. The van der Waals surface area contributed by atoms with Crippen molar-refractivity contribution in [1.82, 2.24) is 4.57 Å². The molecule has 1 unspecified atom stereocenters. The van der Waals surface area contributed by atoms with Gasteiger partial charge < -0.3 is 22.5 Å². The molecular weight excluding hydrogens is 659 g/mol.